The Morgan fingerprint density at radius 2 is 1.94 bits per heavy atom. The van der Waals surface area contributed by atoms with Crippen LogP contribution in [0.4, 0.5) is 5.69 Å². The average molecular weight is 473 g/mol. The summed E-state index contributed by atoms with van der Waals surface area (Å²) in [5.74, 6) is 3.24. The summed E-state index contributed by atoms with van der Waals surface area (Å²) in [6.45, 7) is 6.97. The lowest BCUT2D eigenvalue weighted by Gasteiger charge is -2.12. The number of amides is 1. The quantitative estimate of drug-likeness (QED) is 0.410. The van der Waals surface area contributed by atoms with Crippen LogP contribution < -0.4 is 5.32 Å². The van der Waals surface area contributed by atoms with Crippen molar-refractivity contribution in [3.05, 3.63) is 51.5 Å². The topological polar surface area (TPSA) is 85.6 Å². The van der Waals surface area contributed by atoms with Crippen LogP contribution in [-0.4, -0.2) is 30.6 Å². The van der Waals surface area contributed by atoms with Crippen molar-refractivity contribution in [1.29, 1.82) is 0 Å². The van der Waals surface area contributed by atoms with Crippen molar-refractivity contribution < 1.29 is 4.79 Å². The van der Waals surface area contributed by atoms with Gasteiger partial charge in [-0.2, -0.15) is 0 Å². The van der Waals surface area contributed by atoms with Gasteiger partial charge in [0.1, 0.15) is 16.5 Å². The number of nitrogens with zero attached hydrogens (tertiary/aromatic N) is 5. The van der Waals surface area contributed by atoms with Gasteiger partial charge >= 0.3 is 0 Å². The zero-order valence-electron chi connectivity index (χ0n) is 19.8. The number of aryl methyl sites for hydroxylation is 4. The summed E-state index contributed by atoms with van der Waals surface area (Å²) in [5.41, 5.74) is 4.70. The lowest BCUT2D eigenvalue weighted by Crippen LogP contribution is -2.12. The molecule has 1 fully saturated rings. The first-order valence-electron chi connectivity index (χ1n) is 12.1. The van der Waals surface area contributed by atoms with E-state index in [1.807, 2.05) is 32.9 Å². The fraction of sp³-hybridized carbons (Fsp3) is 0.423. The molecule has 7 nitrogen and oxygen atoms in total. The maximum atomic E-state index is 13.4. The normalized spacial score (nSPS) is 15.9. The first-order chi connectivity index (χ1) is 16.5. The van der Waals surface area contributed by atoms with Crippen LogP contribution in [0, 0.1) is 20.8 Å². The molecule has 2 aliphatic rings. The number of nitrogens with one attached hydrogen (secondary N) is 1. The Hall–Kier alpha value is -3.13. The molecule has 0 unspecified atom stereocenters. The van der Waals surface area contributed by atoms with Crippen molar-refractivity contribution in [2.45, 2.75) is 71.8 Å². The SMILES string of the molecule is Cc1ccc(-c2nnc3n2CCCCC3)cc1NC(=O)c1sc2nc(C3CC3)nc(C)c2c1C. The van der Waals surface area contributed by atoms with Gasteiger partial charge in [-0.1, -0.05) is 18.6 Å². The third-order valence-corrected chi connectivity index (χ3v) is 8.18. The molecule has 1 aliphatic heterocycles. The smallest absolute Gasteiger partial charge is 0.266 e. The van der Waals surface area contributed by atoms with Gasteiger partial charge in [0.15, 0.2) is 5.82 Å². The Balaban J connectivity index is 1.32. The second-order valence-electron chi connectivity index (χ2n) is 9.56. The molecule has 1 aliphatic carbocycles. The van der Waals surface area contributed by atoms with Gasteiger partial charge in [-0.25, -0.2) is 9.97 Å². The third-order valence-electron chi connectivity index (χ3n) is 6.99. The van der Waals surface area contributed by atoms with Crippen molar-refractivity contribution in [2.75, 3.05) is 5.32 Å². The standard InChI is InChI=1S/C26H28N6OS/c1-14-8-9-18(24-31-30-20-7-5-4-6-12-32(20)24)13-19(14)28-25(33)22-15(2)21-16(3)27-23(17-10-11-17)29-26(21)34-22/h8-9,13,17H,4-7,10-12H2,1-3H3,(H,28,33). The molecule has 4 aromatic rings. The second kappa shape index (κ2) is 8.27. The van der Waals surface area contributed by atoms with Gasteiger partial charge in [0.2, 0.25) is 0 Å². The molecule has 0 spiro atoms. The molecular weight excluding hydrogens is 444 g/mol. The average Bonchev–Trinajstić information content (AvgIpc) is 3.56. The molecule has 8 heteroatoms. The number of aromatic nitrogens is 5. The molecule has 34 heavy (non-hydrogen) atoms. The van der Waals surface area contributed by atoms with Gasteiger partial charge < -0.3 is 9.88 Å². The fourth-order valence-corrected chi connectivity index (χ4v) is 6.01. The molecule has 3 aromatic heterocycles. The Morgan fingerprint density at radius 3 is 2.76 bits per heavy atom. The number of fused-ring (bicyclic) bond motifs is 2. The highest BCUT2D eigenvalue weighted by Gasteiger charge is 2.28. The van der Waals surface area contributed by atoms with Crippen LogP contribution in [0.25, 0.3) is 21.6 Å². The number of rotatable bonds is 4. The van der Waals surface area contributed by atoms with E-state index < -0.39 is 0 Å². The molecule has 0 radical (unpaired) electrons. The molecule has 1 aromatic carbocycles. The molecule has 1 amide bonds. The van der Waals surface area contributed by atoms with Gasteiger partial charge in [0, 0.05) is 35.5 Å². The third kappa shape index (κ3) is 3.70. The van der Waals surface area contributed by atoms with Crippen LogP contribution in [-0.2, 0) is 13.0 Å². The maximum Gasteiger partial charge on any atom is 0.266 e. The van der Waals surface area contributed by atoms with Crippen molar-refractivity contribution in [3.8, 4) is 11.4 Å². The summed E-state index contributed by atoms with van der Waals surface area (Å²) in [7, 11) is 0. The number of hydrogen-bond donors (Lipinski definition) is 1. The highest BCUT2D eigenvalue weighted by molar-refractivity contribution is 7.20. The number of thiophene rings is 1. The van der Waals surface area contributed by atoms with Crippen molar-refractivity contribution in [2.24, 2.45) is 0 Å². The summed E-state index contributed by atoms with van der Waals surface area (Å²) in [6.07, 6.45) is 6.81. The molecule has 0 atom stereocenters. The van der Waals surface area contributed by atoms with E-state index in [2.05, 4.69) is 26.1 Å². The lowest BCUT2D eigenvalue weighted by molar-refractivity contribution is 0.103. The predicted octanol–water partition coefficient (Wildman–Crippen LogP) is 5.73. The monoisotopic (exact) mass is 472 g/mol. The molecular formula is C26H28N6OS. The first kappa shape index (κ1) is 21.4. The molecule has 4 heterocycles. The number of carbonyl (C=O) groups excluding carboxylic acids is 1. The van der Waals surface area contributed by atoms with Gasteiger partial charge in [0.05, 0.1) is 10.6 Å². The van der Waals surface area contributed by atoms with Crippen LogP contribution in [0.2, 0.25) is 0 Å². The molecule has 0 bridgehead atoms. The Morgan fingerprint density at radius 1 is 1.09 bits per heavy atom. The zero-order valence-corrected chi connectivity index (χ0v) is 20.6. The van der Waals surface area contributed by atoms with Crippen LogP contribution in [0.5, 0.6) is 0 Å². The van der Waals surface area contributed by atoms with Crippen molar-refractivity contribution >= 4 is 33.1 Å². The van der Waals surface area contributed by atoms with Crippen LogP contribution in [0.15, 0.2) is 18.2 Å². The Labute approximate surface area is 202 Å². The van der Waals surface area contributed by atoms with E-state index >= 15 is 0 Å². The van der Waals surface area contributed by atoms with E-state index in [-0.39, 0.29) is 5.91 Å². The van der Waals surface area contributed by atoms with Gasteiger partial charge in [0.25, 0.3) is 5.91 Å². The molecule has 1 saturated carbocycles. The van der Waals surface area contributed by atoms with Gasteiger partial charge in [-0.05, 0) is 63.6 Å². The molecule has 6 rings (SSSR count). The molecule has 0 saturated heterocycles. The van der Waals surface area contributed by atoms with Crippen molar-refractivity contribution in [1.82, 2.24) is 24.7 Å². The van der Waals surface area contributed by atoms with E-state index in [0.717, 1.165) is 94.4 Å². The van der Waals surface area contributed by atoms with E-state index in [1.165, 1.54) is 17.8 Å². The zero-order chi connectivity index (χ0) is 23.4. The number of hydrogen-bond acceptors (Lipinski definition) is 6. The molecule has 174 valence electrons. The van der Waals surface area contributed by atoms with Gasteiger partial charge in [-0.15, -0.1) is 21.5 Å². The highest BCUT2D eigenvalue weighted by atomic mass is 32.1. The summed E-state index contributed by atoms with van der Waals surface area (Å²) in [5, 5.41) is 13.1. The molecule has 1 N–H and O–H groups in total. The first-order valence-corrected chi connectivity index (χ1v) is 12.9. The number of benzene rings is 1. The van der Waals surface area contributed by atoms with E-state index in [9.17, 15) is 4.79 Å². The minimum atomic E-state index is -0.104. The van der Waals surface area contributed by atoms with Gasteiger partial charge in [-0.3, -0.25) is 4.79 Å². The summed E-state index contributed by atoms with van der Waals surface area (Å²) < 4.78 is 2.23. The van der Waals surface area contributed by atoms with Crippen molar-refractivity contribution in [3.63, 3.8) is 0 Å². The second-order valence-corrected chi connectivity index (χ2v) is 10.6. The van der Waals surface area contributed by atoms with Crippen LogP contribution in [0.1, 0.15) is 76.2 Å². The van der Waals surface area contributed by atoms with E-state index in [1.54, 1.807) is 0 Å². The summed E-state index contributed by atoms with van der Waals surface area (Å²) >= 11 is 1.46. The predicted molar refractivity (Wildman–Crippen MR) is 135 cm³/mol. The van der Waals surface area contributed by atoms with Crippen LogP contribution >= 0.6 is 11.3 Å². The maximum absolute atomic E-state index is 13.4. The van der Waals surface area contributed by atoms with E-state index in [4.69, 9.17) is 9.97 Å². The Kier molecular flexibility index (Phi) is 5.21. The largest absolute Gasteiger partial charge is 0.321 e. The van der Waals surface area contributed by atoms with Crippen LogP contribution in [0.3, 0.4) is 0 Å². The lowest BCUT2D eigenvalue weighted by atomic mass is 10.1. The number of carbonyl (C=O) groups is 1. The summed E-state index contributed by atoms with van der Waals surface area (Å²) in [6, 6.07) is 6.13. The minimum absolute atomic E-state index is 0.104. The minimum Gasteiger partial charge on any atom is -0.321 e. The highest BCUT2D eigenvalue weighted by Crippen LogP contribution is 2.40. The summed E-state index contributed by atoms with van der Waals surface area (Å²) in [4.78, 5) is 24.5. The fourth-order valence-electron chi connectivity index (χ4n) is 4.87. The Bertz CT molecular complexity index is 1430. The van der Waals surface area contributed by atoms with E-state index in [0.29, 0.717) is 10.8 Å². The number of anilines is 1.